The molecular formula is C18H27N3O2S. The fourth-order valence-electron chi connectivity index (χ4n) is 3.27. The number of unbranched alkanes of at least 4 members (excludes halogenated alkanes) is 1. The Hall–Kier alpha value is -1.42. The highest BCUT2D eigenvalue weighted by Gasteiger charge is 2.31. The van der Waals surface area contributed by atoms with E-state index < -0.39 is 10.0 Å². The topological polar surface area (TPSA) is 64.4 Å². The molecule has 0 atom stereocenters. The fourth-order valence-corrected chi connectivity index (χ4v) is 5.27. The molecule has 0 aromatic heterocycles. The molecule has 1 saturated heterocycles. The van der Waals surface area contributed by atoms with E-state index in [4.69, 9.17) is 5.26 Å². The molecule has 0 bridgehead atoms. The predicted octanol–water partition coefficient (Wildman–Crippen LogP) is 2.53. The predicted molar refractivity (Wildman–Crippen MR) is 95.4 cm³/mol. The van der Waals surface area contributed by atoms with Gasteiger partial charge in [-0.25, -0.2) is 8.42 Å². The molecule has 2 rings (SSSR count). The van der Waals surface area contributed by atoms with Gasteiger partial charge in [0.1, 0.15) is 0 Å². The standard InChI is InChI=1S/C18H27N3O2S/c1-14-13-15(2)17(4)18(16(14)3)24(22,23)21-11-9-20(10-12-21)8-6-5-7-19/h13H,5-6,8-12H2,1-4H3. The van der Waals surface area contributed by atoms with Crippen LogP contribution in [-0.2, 0) is 10.0 Å². The van der Waals surface area contributed by atoms with Crippen molar-refractivity contribution in [2.75, 3.05) is 32.7 Å². The van der Waals surface area contributed by atoms with Crippen molar-refractivity contribution >= 4 is 10.0 Å². The van der Waals surface area contributed by atoms with Crippen LogP contribution in [0.3, 0.4) is 0 Å². The molecule has 0 radical (unpaired) electrons. The average Bonchev–Trinajstić information content (AvgIpc) is 2.54. The molecule has 5 nitrogen and oxygen atoms in total. The van der Waals surface area contributed by atoms with Crippen LogP contribution in [0.5, 0.6) is 0 Å². The highest BCUT2D eigenvalue weighted by Crippen LogP contribution is 2.29. The van der Waals surface area contributed by atoms with Gasteiger partial charge in [0.2, 0.25) is 10.0 Å². The lowest BCUT2D eigenvalue weighted by Gasteiger charge is -2.34. The lowest BCUT2D eigenvalue weighted by molar-refractivity contribution is 0.187. The minimum absolute atomic E-state index is 0.484. The Kier molecular flexibility index (Phi) is 6.02. The summed E-state index contributed by atoms with van der Waals surface area (Å²) in [5, 5.41) is 8.61. The molecular weight excluding hydrogens is 322 g/mol. The largest absolute Gasteiger partial charge is 0.301 e. The van der Waals surface area contributed by atoms with E-state index in [0.29, 0.717) is 24.4 Å². The van der Waals surface area contributed by atoms with Crippen LogP contribution < -0.4 is 0 Å². The first kappa shape index (κ1) is 18.9. The molecule has 1 aromatic rings. The van der Waals surface area contributed by atoms with Gasteiger partial charge in [-0.3, -0.25) is 0 Å². The molecule has 132 valence electrons. The second kappa shape index (κ2) is 7.64. The minimum atomic E-state index is -3.46. The van der Waals surface area contributed by atoms with Crippen LogP contribution in [-0.4, -0.2) is 50.3 Å². The molecule has 0 saturated carbocycles. The highest BCUT2D eigenvalue weighted by molar-refractivity contribution is 7.89. The third-order valence-corrected chi connectivity index (χ3v) is 7.16. The summed E-state index contributed by atoms with van der Waals surface area (Å²) in [5.74, 6) is 0. The summed E-state index contributed by atoms with van der Waals surface area (Å²) in [7, 11) is -3.46. The summed E-state index contributed by atoms with van der Waals surface area (Å²) in [6.45, 7) is 11.1. The van der Waals surface area contributed by atoms with Gasteiger partial charge in [0.25, 0.3) is 0 Å². The number of hydrogen-bond donors (Lipinski definition) is 0. The summed E-state index contributed by atoms with van der Waals surface area (Å²) in [6, 6.07) is 4.20. The molecule has 0 amide bonds. The van der Waals surface area contributed by atoms with Gasteiger partial charge in [-0.2, -0.15) is 9.57 Å². The van der Waals surface area contributed by atoms with Crippen molar-refractivity contribution in [3.8, 4) is 6.07 Å². The zero-order valence-corrected chi connectivity index (χ0v) is 15.9. The maximum Gasteiger partial charge on any atom is 0.243 e. The molecule has 1 aliphatic heterocycles. The van der Waals surface area contributed by atoms with Crippen molar-refractivity contribution in [3.63, 3.8) is 0 Å². The third kappa shape index (κ3) is 3.80. The number of nitriles is 1. The maximum atomic E-state index is 13.2. The van der Waals surface area contributed by atoms with Crippen molar-refractivity contribution < 1.29 is 8.42 Å². The monoisotopic (exact) mass is 349 g/mol. The smallest absolute Gasteiger partial charge is 0.243 e. The van der Waals surface area contributed by atoms with Crippen molar-refractivity contribution in [3.05, 3.63) is 28.3 Å². The summed E-state index contributed by atoms with van der Waals surface area (Å²) in [4.78, 5) is 2.72. The van der Waals surface area contributed by atoms with Crippen LogP contribution in [0.4, 0.5) is 0 Å². The molecule has 0 aliphatic carbocycles. The van der Waals surface area contributed by atoms with Gasteiger partial charge in [0.15, 0.2) is 0 Å². The summed E-state index contributed by atoms with van der Waals surface area (Å²) < 4.78 is 27.9. The van der Waals surface area contributed by atoms with Gasteiger partial charge in [0.05, 0.1) is 11.0 Å². The van der Waals surface area contributed by atoms with Crippen LogP contribution in [0.15, 0.2) is 11.0 Å². The number of benzene rings is 1. The van der Waals surface area contributed by atoms with Gasteiger partial charge in [-0.15, -0.1) is 0 Å². The SMILES string of the molecule is Cc1cc(C)c(C)c(S(=O)(=O)N2CCN(CCCC#N)CC2)c1C. The zero-order valence-electron chi connectivity index (χ0n) is 15.1. The van der Waals surface area contributed by atoms with Crippen molar-refractivity contribution in [2.45, 2.75) is 45.4 Å². The van der Waals surface area contributed by atoms with Gasteiger partial charge in [-0.1, -0.05) is 6.07 Å². The van der Waals surface area contributed by atoms with E-state index in [9.17, 15) is 8.42 Å². The molecule has 24 heavy (non-hydrogen) atoms. The number of piperazine rings is 1. The van der Waals surface area contributed by atoms with Gasteiger partial charge in [0, 0.05) is 32.6 Å². The summed E-state index contributed by atoms with van der Waals surface area (Å²) >= 11 is 0. The zero-order chi connectivity index (χ0) is 17.9. The van der Waals surface area contributed by atoms with Crippen LogP contribution in [0, 0.1) is 39.0 Å². The Labute approximate surface area is 145 Å². The van der Waals surface area contributed by atoms with Crippen molar-refractivity contribution in [1.29, 1.82) is 5.26 Å². The van der Waals surface area contributed by atoms with Gasteiger partial charge < -0.3 is 4.90 Å². The molecule has 1 heterocycles. The summed E-state index contributed by atoms with van der Waals surface area (Å²) in [6.07, 6.45) is 1.40. The molecule has 0 N–H and O–H groups in total. The first-order chi connectivity index (χ1) is 11.3. The number of rotatable bonds is 5. The van der Waals surface area contributed by atoms with Gasteiger partial charge >= 0.3 is 0 Å². The van der Waals surface area contributed by atoms with Crippen LogP contribution in [0.1, 0.15) is 35.1 Å². The number of nitrogens with zero attached hydrogens (tertiary/aromatic N) is 3. The second-order valence-electron chi connectivity index (χ2n) is 6.60. The van der Waals surface area contributed by atoms with Crippen molar-refractivity contribution in [2.24, 2.45) is 0 Å². The lowest BCUT2D eigenvalue weighted by atomic mass is 10.0. The third-order valence-electron chi connectivity index (χ3n) is 4.99. The molecule has 6 heteroatoms. The first-order valence-electron chi connectivity index (χ1n) is 8.46. The lowest BCUT2D eigenvalue weighted by Crippen LogP contribution is -2.49. The Morgan fingerprint density at radius 2 is 1.58 bits per heavy atom. The fraction of sp³-hybridized carbons (Fsp3) is 0.611. The van der Waals surface area contributed by atoms with E-state index in [1.54, 1.807) is 4.31 Å². The van der Waals surface area contributed by atoms with Crippen molar-refractivity contribution in [1.82, 2.24) is 9.21 Å². The molecule has 0 unspecified atom stereocenters. The molecule has 0 spiro atoms. The quantitative estimate of drug-likeness (QED) is 0.766. The van der Waals surface area contributed by atoms with Gasteiger partial charge in [-0.05, 0) is 62.9 Å². The number of sulfonamides is 1. The second-order valence-corrected chi connectivity index (χ2v) is 8.47. The van der Waals surface area contributed by atoms with E-state index in [2.05, 4.69) is 17.0 Å². The average molecular weight is 350 g/mol. The Morgan fingerprint density at radius 1 is 1.04 bits per heavy atom. The van der Waals surface area contributed by atoms with E-state index in [0.717, 1.165) is 48.3 Å². The highest BCUT2D eigenvalue weighted by atomic mass is 32.2. The van der Waals surface area contributed by atoms with E-state index in [-0.39, 0.29) is 0 Å². The first-order valence-corrected chi connectivity index (χ1v) is 9.90. The molecule has 1 aliphatic rings. The normalized spacial score (nSPS) is 17.0. The van der Waals surface area contributed by atoms with E-state index >= 15 is 0 Å². The molecule has 1 aromatic carbocycles. The summed E-state index contributed by atoms with van der Waals surface area (Å²) in [5.41, 5.74) is 3.75. The molecule has 1 fully saturated rings. The van der Waals surface area contributed by atoms with E-state index in [1.807, 2.05) is 27.7 Å². The van der Waals surface area contributed by atoms with Crippen LogP contribution in [0.25, 0.3) is 0 Å². The number of hydrogen-bond acceptors (Lipinski definition) is 4. The minimum Gasteiger partial charge on any atom is -0.301 e. The van der Waals surface area contributed by atoms with Crippen LogP contribution in [0.2, 0.25) is 0 Å². The number of aryl methyl sites for hydroxylation is 2. The van der Waals surface area contributed by atoms with Crippen LogP contribution >= 0.6 is 0 Å². The van der Waals surface area contributed by atoms with E-state index in [1.165, 1.54) is 0 Å². The Bertz CT molecular complexity index is 716. The Morgan fingerprint density at radius 3 is 2.08 bits per heavy atom. The maximum absolute atomic E-state index is 13.2. The Balaban J connectivity index is 2.18.